The number of likely N-dealkylation sites (tertiary alicyclic amines) is 1. The molecule has 2 aromatic carbocycles. The van der Waals surface area contributed by atoms with Gasteiger partial charge >= 0.3 is 12.1 Å². The second-order valence-corrected chi connectivity index (χ2v) is 10.5. The van der Waals surface area contributed by atoms with Gasteiger partial charge in [0.2, 0.25) is 5.91 Å². The van der Waals surface area contributed by atoms with Crippen LogP contribution >= 0.6 is 0 Å². The van der Waals surface area contributed by atoms with E-state index in [1.165, 1.54) is 4.90 Å². The van der Waals surface area contributed by atoms with Crippen molar-refractivity contribution in [1.82, 2.24) is 10.2 Å². The van der Waals surface area contributed by atoms with Crippen LogP contribution in [0.2, 0.25) is 0 Å². The van der Waals surface area contributed by atoms with Gasteiger partial charge in [-0.25, -0.2) is 9.59 Å². The third-order valence-corrected chi connectivity index (χ3v) is 8.13. The molecule has 2 amide bonds. The van der Waals surface area contributed by atoms with Gasteiger partial charge < -0.3 is 20.1 Å². The minimum atomic E-state index is -1.19. The SMILES string of the molecule is CC(CC(=O)N1CCC[C@@]1(C)C(=O)O)(NC(=O)OCC1c2ccccc2-c2ccccc21)C1CC1. The van der Waals surface area contributed by atoms with Crippen molar-refractivity contribution >= 4 is 18.0 Å². The van der Waals surface area contributed by atoms with E-state index in [9.17, 15) is 19.5 Å². The third-order valence-electron chi connectivity index (χ3n) is 8.13. The Labute approximate surface area is 205 Å². The number of nitrogens with one attached hydrogen (secondary N) is 1. The molecule has 1 saturated heterocycles. The molecular formula is C28H32N2O5. The lowest BCUT2D eigenvalue weighted by molar-refractivity contribution is -0.155. The van der Waals surface area contributed by atoms with Crippen molar-refractivity contribution in [3.63, 3.8) is 0 Å². The molecule has 5 rings (SSSR count). The Morgan fingerprint density at radius 1 is 1.09 bits per heavy atom. The summed E-state index contributed by atoms with van der Waals surface area (Å²) in [5.41, 5.74) is 2.65. The summed E-state index contributed by atoms with van der Waals surface area (Å²) < 4.78 is 5.73. The topological polar surface area (TPSA) is 95.9 Å². The van der Waals surface area contributed by atoms with Gasteiger partial charge in [0, 0.05) is 12.5 Å². The van der Waals surface area contributed by atoms with Gasteiger partial charge in [-0.05, 0) is 67.7 Å². The van der Waals surface area contributed by atoms with Gasteiger partial charge in [0.05, 0.1) is 12.0 Å². The van der Waals surface area contributed by atoms with Crippen LogP contribution in [0.1, 0.15) is 63.0 Å². The predicted molar refractivity (Wildman–Crippen MR) is 131 cm³/mol. The number of amides is 2. The van der Waals surface area contributed by atoms with E-state index < -0.39 is 23.1 Å². The Morgan fingerprint density at radius 3 is 2.26 bits per heavy atom. The molecule has 2 fully saturated rings. The van der Waals surface area contributed by atoms with Crippen LogP contribution in [-0.4, -0.2) is 52.2 Å². The van der Waals surface area contributed by atoms with Crippen molar-refractivity contribution in [3.05, 3.63) is 59.7 Å². The van der Waals surface area contributed by atoms with Crippen molar-refractivity contribution in [2.75, 3.05) is 13.2 Å². The molecule has 7 heteroatoms. The molecule has 7 nitrogen and oxygen atoms in total. The molecule has 35 heavy (non-hydrogen) atoms. The predicted octanol–water partition coefficient (Wildman–Crippen LogP) is 4.55. The summed E-state index contributed by atoms with van der Waals surface area (Å²) in [5, 5.41) is 12.7. The van der Waals surface area contributed by atoms with Crippen LogP contribution in [0, 0.1) is 5.92 Å². The summed E-state index contributed by atoms with van der Waals surface area (Å²) >= 11 is 0. The lowest BCUT2D eigenvalue weighted by Crippen LogP contribution is -2.56. The minimum absolute atomic E-state index is 0.0390. The number of benzene rings is 2. The van der Waals surface area contributed by atoms with Crippen LogP contribution in [0.3, 0.4) is 0 Å². The fraction of sp³-hybridized carbons (Fsp3) is 0.464. The molecule has 2 N–H and O–H groups in total. The van der Waals surface area contributed by atoms with Crippen molar-refractivity contribution in [2.24, 2.45) is 5.92 Å². The number of carbonyl (C=O) groups is 3. The molecule has 0 radical (unpaired) electrons. The van der Waals surface area contributed by atoms with Gasteiger partial charge in [-0.3, -0.25) is 4.79 Å². The molecule has 0 aromatic heterocycles. The Kier molecular flexibility index (Phi) is 5.82. The van der Waals surface area contributed by atoms with Crippen molar-refractivity contribution in [1.29, 1.82) is 0 Å². The van der Waals surface area contributed by atoms with Crippen molar-refractivity contribution < 1.29 is 24.2 Å². The minimum Gasteiger partial charge on any atom is -0.480 e. The maximum atomic E-state index is 13.2. The standard InChI is InChI=1S/C28H32N2O5/c1-27(18-12-13-18,16-24(31)30-15-7-14-28(30,2)25(32)33)29-26(34)35-17-23-21-10-5-3-8-19(21)20-9-4-6-11-22(20)23/h3-6,8-11,18,23H,7,12-17H2,1-2H3,(H,29,34)(H,32,33)/t27?,28-/m0/s1. The molecule has 1 heterocycles. The number of hydrogen-bond acceptors (Lipinski definition) is 4. The summed E-state index contributed by atoms with van der Waals surface area (Å²) in [6.07, 6.45) is 2.46. The smallest absolute Gasteiger partial charge is 0.407 e. The molecule has 1 saturated carbocycles. The van der Waals surface area contributed by atoms with E-state index in [0.717, 1.165) is 35.1 Å². The molecule has 0 bridgehead atoms. The van der Waals surface area contributed by atoms with Crippen molar-refractivity contribution in [2.45, 2.75) is 62.9 Å². The van der Waals surface area contributed by atoms with Gasteiger partial charge in [-0.1, -0.05) is 48.5 Å². The van der Waals surface area contributed by atoms with Gasteiger partial charge in [0.1, 0.15) is 12.1 Å². The van der Waals surface area contributed by atoms with E-state index in [4.69, 9.17) is 4.74 Å². The van der Waals surface area contributed by atoms with Crippen LogP contribution in [0.5, 0.6) is 0 Å². The largest absolute Gasteiger partial charge is 0.480 e. The molecule has 1 aliphatic heterocycles. The zero-order chi connectivity index (χ0) is 24.8. The first kappa shape index (κ1) is 23.4. The van der Waals surface area contributed by atoms with Gasteiger partial charge in [0.15, 0.2) is 0 Å². The average molecular weight is 477 g/mol. The maximum Gasteiger partial charge on any atom is 0.407 e. The van der Waals surface area contributed by atoms with Crippen LogP contribution in [-0.2, 0) is 14.3 Å². The molecule has 0 spiro atoms. The molecule has 1 unspecified atom stereocenters. The summed E-state index contributed by atoms with van der Waals surface area (Å²) in [7, 11) is 0. The van der Waals surface area contributed by atoms with E-state index in [2.05, 4.69) is 29.6 Å². The number of hydrogen-bond donors (Lipinski definition) is 2. The van der Waals surface area contributed by atoms with Gasteiger partial charge in [0.25, 0.3) is 0 Å². The number of fused-ring (bicyclic) bond motifs is 3. The van der Waals surface area contributed by atoms with E-state index in [1.807, 2.05) is 31.2 Å². The Balaban J connectivity index is 1.26. The number of aliphatic carboxylic acids is 1. The Morgan fingerprint density at radius 2 is 1.69 bits per heavy atom. The van der Waals surface area contributed by atoms with E-state index in [0.29, 0.717) is 19.4 Å². The van der Waals surface area contributed by atoms with Crippen LogP contribution in [0.15, 0.2) is 48.5 Å². The third kappa shape index (κ3) is 4.17. The normalized spacial score (nSPS) is 22.7. The zero-order valence-corrected chi connectivity index (χ0v) is 20.3. The maximum absolute atomic E-state index is 13.2. The number of alkyl carbamates (subject to hydrolysis) is 1. The first-order valence-electron chi connectivity index (χ1n) is 12.4. The number of carbonyl (C=O) groups excluding carboxylic acids is 2. The highest BCUT2D eigenvalue weighted by atomic mass is 16.5. The zero-order valence-electron chi connectivity index (χ0n) is 20.3. The van der Waals surface area contributed by atoms with E-state index in [-0.39, 0.29) is 30.8 Å². The summed E-state index contributed by atoms with van der Waals surface area (Å²) in [4.78, 5) is 39.5. The number of nitrogens with zero attached hydrogens (tertiary/aromatic N) is 1. The van der Waals surface area contributed by atoms with Crippen LogP contribution < -0.4 is 5.32 Å². The summed E-state index contributed by atoms with van der Waals surface area (Å²) in [5.74, 6) is -1.09. The van der Waals surface area contributed by atoms with Crippen LogP contribution in [0.25, 0.3) is 11.1 Å². The molecule has 3 aliphatic rings. The molecule has 2 aliphatic carbocycles. The quantitative estimate of drug-likeness (QED) is 0.611. The fourth-order valence-electron chi connectivity index (χ4n) is 5.87. The van der Waals surface area contributed by atoms with Gasteiger partial charge in [-0.15, -0.1) is 0 Å². The number of ether oxygens (including phenoxy) is 1. The van der Waals surface area contributed by atoms with E-state index in [1.54, 1.807) is 6.92 Å². The highest BCUT2D eigenvalue weighted by Crippen LogP contribution is 2.45. The second kappa shape index (κ2) is 8.70. The monoisotopic (exact) mass is 476 g/mol. The highest BCUT2D eigenvalue weighted by Gasteiger charge is 2.50. The molecule has 2 atom stereocenters. The van der Waals surface area contributed by atoms with Crippen LogP contribution in [0.4, 0.5) is 4.79 Å². The first-order valence-corrected chi connectivity index (χ1v) is 12.4. The second-order valence-electron chi connectivity index (χ2n) is 10.5. The summed E-state index contributed by atoms with van der Waals surface area (Å²) in [6, 6.07) is 16.3. The van der Waals surface area contributed by atoms with E-state index >= 15 is 0 Å². The highest BCUT2D eigenvalue weighted by molar-refractivity contribution is 5.88. The van der Waals surface area contributed by atoms with Crippen molar-refractivity contribution in [3.8, 4) is 11.1 Å². The Bertz CT molecular complexity index is 1130. The molecule has 2 aromatic rings. The lowest BCUT2D eigenvalue weighted by atomic mass is 9.90. The lowest BCUT2D eigenvalue weighted by Gasteiger charge is -2.36. The average Bonchev–Trinajstić information content (AvgIpc) is 3.55. The van der Waals surface area contributed by atoms with Gasteiger partial charge in [-0.2, -0.15) is 0 Å². The number of carboxylic acids is 1. The molecular weight excluding hydrogens is 444 g/mol. The first-order chi connectivity index (χ1) is 16.7. The number of rotatable bonds is 7. The fourth-order valence-corrected chi connectivity index (χ4v) is 5.87. The Hall–Kier alpha value is -3.35. The molecule has 184 valence electrons. The summed E-state index contributed by atoms with van der Waals surface area (Å²) in [6.45, 7) is 4.11. The number of carboxylic acid groups (broad SMARTS) is 1.